The van der Waals surface area contributed by atoms with E-state index in [1.807, 2.05) is 64.7 Å². The van der Waals surface area contributed by atoms with Crippen molar-refractivity contribution in [2.24, 2.45) is 5.10 Å². The van der Waals surface area contributed by atoms with Crippen molar-refractivity contribution in [3.63, 3.8) is 0 Å². The predicted octanol–water partition coefficient (Wildman–Crippen LogP) is 4.81. The van der Waals surface area contributed by atoms with Gasteiger partial charge in [0.15, 0.2) is 0 Å². The van der Waals surface area contributed by atoms with E-state index in [4.69, 9.17) is 0 Å². The number of nitro benzene ring substituents is 1. The number of rotatable bonds is 4. The van der Waals surface area contributed by atoms with Gasteiger partial charge < -0.3 is 0 Å². The molecule has 0 bridgehead atoms. The third-order valence-electron chi connectivity index (χ3n) is 4.02. The van der Waals surface area contributed by atoms with Crippen molar-refractivity contribution in [2.45, 2.75) is 0 Å². The first-order chi connectivity index (χ1) is 13.1. The second-order valence-electron chi connectivity index (χ2n) is 5.74. The Morgan fingerprint density at radius 3 is 2.07 bits per heavy atom. The molecule has 134 valence electrons. The summed E-state index contributed by atoms with van der Waals surface area (Å²) in [4.78, 5) is 10.5. The summed E-state index contributed by atoms with van der Waals surface area (Å²) in [7, 11) is 0. The van der Waals surface area contributed by atoms with Crippen LogP contribution in [0.5, 0.6) is 0 Å². The van der Waals surface area contributed by atoms with E-state index in [0.717, 1.165) is 14.9 Å². The molecule has 0 aromatic heterocycles. The molecule has 27 heavy (non-hydrogen) atoms. The van der Waals surface area contributed by atoms with Crippen molar-refractivity contribution >= 4 is 51.7 Å². The molecule has 0 spiro atoms. The number of non-ortho nitro benzene ring substituents is 1. The highest BCUT2D eigenvalue weighted by Gasteiger charge is 2.28. The Bertz CT molecular complexity index is 977. The molecule has 8 heteroatoms. The molecule has 4 rings (SSSR count). The highest BCUT2D eigenvalue weighted by atomic mass is 127. The Morgan fingerprint density at radius 2 is 1.44 bits per heavy atom. The van der Waals surface area contributed by atoms with E-state index in [-0.39, 0.29) is 5.69 Å². The van der Waals surface area contributed by atoms with Gasteiger partial charge in [0.05, 0.1) is 22.0 Å². The lowest BCUT2D eigenvalue weighted by atomic mass is 10.3. The summed E-state index contributed by atoms with van der Waals surface area (Å²) in [5.41, 5.74) is 2.62. The van der Waals surface area contributed by atoms with Gasteiger partial charge in [0, 0.05) is 15.7 Å². The highest BCUT2D eigenvalue weighted by molar-refractivity contribution is 14.1. The van der Waals surface area contributed by atoms with Crippen molar-refractivity contribution in [3.8, 4) is 0 Å². The van der Waals surface area contributed by atoms with Crippen molar-refractivity contribution in [1.29, 1.82) is 0 Å². The Kier molecular flexibility index (Phi) is 4.63. The normalized spacial score (nSPS) is 13.3. The minimum atomic E-state index is -0.412. The predicted molar refractivity (Wildman–Crippen MR) is 115 cm³/mol. The molecule has 3 aromatic rings. The van der Waals surface area contributed by atoms with Crippen molar-refractivity contribution in [1.82, 2.24) is 0 Å². The number of nitrogens with zero attached hydrogens (tertiary/aromatic N) is 5. The molecular weight excluding hydrogens is 457 g/mol. The number of hydrogen-bond donors (Lipinski definition) is 0. The van der Waals surface area contributed by atoms with Crippen molar-refractivity contribution < 1.29 is 4.92 Å². The first-order valence-electron chi connectivity index (χ1n) is 8.12. The second kappa shape index (κ2) is 7.23. The van der Waals surface area contributed by atoms with Crippen LogP contribution >= 0.6 is 22.6 Å². The minimum Gasteiger partial charge on any atom is -0.258 e. The number of anilines is 3. The topological polar surface area (TPSA) is 65.2 Å². The maximum Gasteiger partial charge on any atom is 0.269 e. The van der Waals surface area contributed by atoms with E-state index in [2.05, 4.69) is 27.7 Å². The minimum absolute atomic E-state index is 0.0441. The Labute approximate surface area is 169 Å². The molecule has 0 atom stereocenters. The van der Waals surface area contributed by atoms with Gasteiger partial charge in [0.2, 0.25) is 0 Å². The molecule has 0 aliphatic carbocycles. The van der Waals surface area contributed by atoms with Crippen LogP contribution in [-0.2, 0) is 0 Å². The molecule has 1 heterocycles. The molecule has 3 aromatic carbocycles. The van der Waals surface area contributed by atoms with Crippen molar-refractivity contribution in [3.05, 3.63) is 92.5 Å². The van der Waals surface area contributed by atoms with Crippen LogP contribution in [0.3, 0.4) is 0 Å². The Hall–Kier alpha value is -3.14. The average Bonchev–Trinajstić information content (AvgIpc) is 3.14. The van der Waals surface area contributed by atoms with Crippen LogP contribution in [0.1, 0.15) is 0 Å². The average molecular weight is 471 g/mol. The Morgan fingerprint density at radius 1 is 0.815 bits per heavy atom. The molecule has 0 saturated carbocycles. The number of nitro groups is 1. The lowest BCUT2D eigenvalue weighted by molar-refractivity contribution is -0.384. The van der Waals surface area contributed by atoms with Crippen LogP contribution < -0.4 is 15.2 Å². The zero-order valence-corrected chi connectivity index (χ0v) is 16.2. The van der Waals surface area contributed by atoms with Crippen LogP contribution in [0.2, 0.25) is 0 Å². The quantitative estimate of drug-likeness (QED) is 0.311. The van der Waals surface area contributed by atoms with Gasteiger partial charge in [0.25, 0.3) is 5.69 Å². The summed E-state index contributed by atoms with van der Waals surface area (Å²) >= 11 is 2.26. The number of hydrazine groups is 2. The largest absolute Gasteiger partial charge is 0.269 e. The molecule has 0 unspecified atom stereocenters. The van der Waals surface area contributed by atoms with E-state index < -0.39 is 4.92 Å². The zero-order chi connectivity index (χ0) is 18.8. The summed E-state index contributed by atoms with van der Waals surface area (Å²) in [6.07, 6.45) is 1.72. The summed E-state index contributed by atoms with van der Waals surface area (Å²) < 4.78 is 1.13. The lowest BCUT2D eigenvalue weighted by Crippen LogP contribution is -2.46. The fraction of sp³-hybridized carbons (Fsp3) is 0. The monoisotopic (exact) mass is 471 g/mol. The maximum atomic E-state index is 10.9. The number of hydrazone groups is 1. The van der Waals surface area contributed by atoms with Crippen molar-refractivity contribution in [2.75, 3.05) is 15.2 Å². The molecule has 0 N–H and O–H groups in total. The number of benzene rings is 3. The molecular formula is C19H14IN5O2. The van der Waals surface area contributed by atoms with Gasteiger partial charge in [-0.25, -0.2) is 5.01 Å². The van der Waals surface area contributed by atoms with E-state index in [1.165, 1.54) is 12.1 Å². The van der Waals surface area contributed by atoms with Crippen LogP contribution in [0, 0.1) is 13.7 Å². The van der Waals surface area contributed by atoms with E-state index in [9.17, 15) is 10.1 Å². The fourth-order valence-corrected chi connectivity index (χ4v) is 3.10. The van der Waals surface area contributed by atoms with Crippen LogP contribution in [0.15, 0.2) is 84.0 Å². The maximum absolute atomic E-state index is 10.9. The van der Waals surface area contributed by atoms with Gasteiger partial charge >= 0.3 is 0 Å². The highest BCUT2D eigenvalue weighted by Crippen LogP contribution is 2.32. The standard InChI is InChI=1S/C19H14IN5O2/c20-15-6-8-18(9-7-15)24-22(16-4-2-1-3-5-16)14-21-23(24)17-10-12-19(13-11-17)25(26)27/h1-14H. The van der Waals surface area contributed by atoms with Gasteiger partial charge in [-0.3, -0.25) is 10.1 Å². The Balaban J connectivity index is 1.75. The summed E-state index contributed by atoms with van der Waals surface area (Å²) in [5.74, 6) is 0. The third kappa shape index (κ3) is 3.43. The molecule has 0 radical (unpaired) electrons. The zero-order valence-electron chi connectivity index (χ0n) is 14.0. The van der Waals surface area contributed by atoms with Gasteiger partial charge in [-0.05, 0) is 71.1 Å². The van der Waals surface area contributed by atoms with E-state index in [0.29, 0.717) is 5.69 Å². The van der Waals surface area contributed by atoms with Gasteiger partial charge in [0.1, 0.15) is 6.34 Å². The fourth-order valence-electron chi connectivity index (χ4n) is 2.74. The summed E-state index contributed by atoms with van der Waals surface area (Å²) in [6.45, 7) is 0. The summed E-state index contributed by atoms with van der Waals surface area (Å²) in [6, 6.07) is 24.2. The molecule has 7 nitrogen and oxygen atoms in total. The molecule has 0 fully saturated rings. The molecule has 1 aliphatic heterocycles. The van der Waals surface area contributed by atoms with Crippen LogP contribution in [-0.4, -0.2) is 11.3 Å². The molecule has 1 aliphatic rings. The van der Waals surface area contributed by atoms with Gasteiger partial charge in [-0.2, -0.15) is 10.2 Å². The van der Waals surface area contributed by atoms with Crippen LogP contribution in [0.4, 0.5) is 22.7 Å². The number of halogens is 1. The third-order valence-corrected chi connectivity index (χ3v) is 4.74. The molecule has 0 amide bonds. The smallest absolute Gasteiger partial charge is 0.258 e. The van der Waals surface area contributed by atoms with Crippen LogP contribution in [0.25, 0.3) is 0 Å². The SMILES string of the molecule is O=[N+]([O-])c1ccc(N2N=CN(c3ccccc3)N2c2ccc(I)cc2)cc1. The first kappa shape index (κ1) is 17.3. The van der Waals surface area contributed by atoms with E-state index >= 15 is 0 Å². The first-order valence-corrected chi connectivity index (χ1v) is 9.20. The van der Waals surface area contributed by atoms with Gasteiger partial charge in [-0.1, -0.05) is 18.2 Å². The lowest BCUT2D eigenvalue weighted by Gasteiger charge is -2.34. The number of para-hydroxylation sites is 1. The number of hydrogen-bond acceptors (Lipinski definition) is 6. The molecule has 0 saturated heterocycles. The van der Waals surface area contributed by atoms with Gasteiger partial charge in [-0.15, -0.1) is 5.10 Å². The van der Waals surface area contributed by atoms with E-state index in [1.54, 1.807) is 23.6 Å². The summed E-state index contributed by atoms with van der Waals surface area (Å²) in [5, 5.41) is 21.0. The second-order valence-corrected chi connectivity index (χ2v) is 6.99.